The maximum Gasteiger partial charge on any atom is 0.246 e. The molecular weight excluding hydrogens is 410 g/mol. The quantitative estimate of drug-likeness (QED) is 0.694. The normalized spacial score (nSPS) is 19.0. The number of nitrogens with one attached hydrogen (secondary N) is 1. The smallest absolute Gasteiger partial charge is 0.246 e. The van der Waals surface area contributed by atoms with Crippen molar-refractivity contribution in [1.82, 2.24) is 9.80 Å². The number of hydrogen-bond donors (Lipinski definition) is 1. The summed E-state index contributed by atoms with van der Waals surface area (Å²) in [4.78, 5) is 31.0. The topological polar surface area (TPSA) is 52.7 Å². The lowest BCUT2D eigenvalue weighted by molar-refractivity contribution is -0.137. The minimum Gasteiger partial charge on any atom is -0.342 e. The molecule has 2 saturated heterocycles. The van der Waals surface area contributed by atoms with E-state index in [2.05, 4.69) is 21.2 Å². The predicted molar refractivity (Wildman–Crippen MR) is 133 cm³/mol. The fourth-order valence-electron chi connectivity index (χ4n) is 5.19. The van der Waals surface area contributed by atoms with Crippen molar-refractivity contribution in [2.45, 2.75) is 58.4 Å². The molecule has 33 heavy (non-hydrogen) atoms. The highest BCUT2D eigenvalue weighted by molar-refractivity contribution is 5.96. The summed E-state index contributed by atoms with van der Waals surface area (Å²) in [6, 6.07) is 15.8. The van der Waals surface area contributed by atoms with Crippen LogP contribution in [0.4, 0.5) is 5.69 Å². The Kier molecular flexibility index (Phi) is 7.81. The third-order valence-corrected chi connectivity index (χ3v) is 7.18. The molecule has 1 unspecified atom stereocenters. The van der Waals surface area contributed by atoms with Gasteiger partial charge in [-0.3, -0.25) is 14.5 Å². The third-order valence-electron chi connectivity index (χ3n) is 7.18. The molecule has 0 aliphatic carbocycles. The Balaban J connectivity index is 1.46. The van der Waals surface area contributed by atoms with Crippen LogP contribution in [-0.4, -0.2) is 47.8 Å². The molecule has 0 spiro atoms. The molecule has 5 nitrogen and oxygen atoms in total. The molecule has 1 N–H and O–H groups in total. The van der Waals surface area contributed by atoms with E-state index in [0.29, 0.717) is 5.91 Å². The van der Waals surface area contributed by atoms with E-state index in [9.17, 15) is 9.59 Å². The Morgan fingerprint density at radius 2 is 1.55 bits per heavy atom. The maximum absolute atomic E-state index is 13.5. The van der Waals surface area contributed by atoms with Crippen molar-refractivity contribution in [2.75, 3.05) is 31.5 Å². The van der Waals surface area contributed by atoms with Crippen LogP contribution in [0.2, 0.25) is 0 Å². The van der Waals surface area contributed by atoms with Crippen molar-refractivity contribution < 1.29 is 9.59 Å². The Labute approximate surface area is 198 Å². The van der Waals surface area contributed by atoms with Crippen molar-refractivity contribution in [3.63, 3.8) is 0 Å². The van der Waals surface area contributed by atoms with Crippen LogP contribution in [0.3, 0.4) is 0 Å². The van der Waals surface area contributed by atoms with Crippen LogP contribution in [0.25, 0.3) is 0 Å². The van der Waals surface area contributed by atoms with E-state index < -0.39 is 0 Å². The van der Waals surface area contributed by atoms with Gasteiger partial charge in [0, 0.05) is 24.7 Å². The molecule has 0 radical (unpaired) electrons. The summed E-state index contributed by atoms with van der Waals surface area (Å²) in [6.45, 7) is 7.38. The van der Waals surface area contributed by atoms with E-state index in [1.807, 2.05) is 56.3 Å². The van der Waals surface area contributed by atoms with Crippen molar-refractivity contribution in [3.8, 4) is 0 Å². The number of carbonyl (C=O) groups excluding carboxylic acids is 2. The van der Waals surface area contributed by atoms with Gasteiger partial charge in [-0.2, -0.15) is 0 Å². The number of carbonyl (C=O) groups is 2. The van der Waals surface area contributed by atoms with Crippen LogP contribution >= 0.6 is 0 Å². The Hall–Kier alpha value is -2.66. The van der Waals surface area contributed by atoms with Gasteiger partial charge in [0.2, 0.25) is 11.8 Å². The van der Waals surface area contributed by atoms with E-state index in [1.165, 1.54) is 12.8 Å². The van der Waals surface area contributed by atoms with Gasteiger partial charge in [0.05, 0.1) is 0 Å². The monoisotopic (exact) mass is 447 g/mol. The van der Waals surface area contributed by atoms with E-state index in [0.717, 1.165) is 74.2 Å². The zero-order chi connectivity index (χ0) is 23.2. The summed E-state index contributed by atoms with van der Waals surface area (Å²) in [6.07, 6.45) is 6.34. The van der Waals surface area contributed by atoms with Crippen LogP contribution in [0.15, 0.2) is 48.5 Å². The first kappa shape index (κ1) is 23.5. The predicted octanol–water partition coefficient (Wildman–Crippen LogP) is 5.10. The summed E-state index contributed by atoms with van der Waals surface area (Å²) < 4.78 is 0. The third kappa shape index (κ3) is 5.83. The number of likely N-dealkylation sites (tertiary alicyclic amines) is 2. The second kappa shape index (κ2) is 11.0. The second-order valence-electron chi connectivity index (χ2n) is 9.67. The zero-order valence-electron chi connectivity index (χ0n) is 20.1. The van der Waals surface area contributed by atoms with Crippen molar-refractivity contribution >= 4 is 17.5 Å². The second-order valence-corrected chi connectivity index (χ2v) is 9.67. The molecule has 2 aromatic carbocycles. The van der Waals surface area contributed by atoms with Crippen LogP contribution in [0.5, 0.6) is 0 Å². The van der Waals surface area contributed by atoms with Crippen LogP contribution in [0.1, 0.15) is 61.3 Å². The average Bonchev–Trinajstić information content (AvgIpc) is 3.12. The van der Waals surface area contributed by atoms with Gasteiger partial charge in [-0.1, -0.05) is 55.3 Å². The zero-order valence-corrected chi connectivity index (χ0v) is 20.1. The minimum absolute atomic E-state index is 0.00723. The molecule has 1 atom stereocenters. The fraction of sp³-hybridized carbons (Fsp3) is 0.500. The Morgan fingerprint density at radius 1 is 0.879 bits per heavy atom. The largest absolute Gasteiger partial charge is 0.342 e. The fourth-order valence-corrected chi connectivity index (χ4v) is 5.19. The molecule has 2 aliphatic heterocycles. The summed E-state index contributed by atoms with van der Waals surface area (Å²) >= 11 is 0. The lowest BCUT2D eigenvalue weighted by Crippen LogP contribution is -2.46. The molecule has 176 valence electrons. The van der Waals surface area contributed by atoms with Gasteiger partial charge in [-0.05, 0) is 75.4 Å². The average molecular weight is 448 g/mol. The molecule has 5 heteroatoms. The van der Waals surface area contributed by atoms with Crippen molar-refractivity contribution in [3.05, 3.63) is 65.2 Å². The Morgan fingerprint density at radius 3 is 2.21 bits per heavy atom. The number of hydrogen-bond acceptors (Lipinski definition) is 3. The first-order chi connectivity index (χ1) is 16.0. The number of aryl methyl sites for hydroxylation is 2. The van der Waals surface area contributed by atoms with Gasteiger partial charge in [0.1, 0.15) is 6.04 Å². The van der Waals surface area contributed by atoms with Crippen LogP contribution in [0, 0.1) is 19.8 Å². The number of benzene rings is 2. The number of anilines is 1. The van der Waals surface area contributed by atoms with Crippen molar-refractivity contribution in [2.24, 2.45) is 5.92 Å². The van der Waals surface area contributed by atoms with Crippen molar-refractivity contribution in [1.29, 1.82) is 0 Å². The lowest BCUT2D eigenvalue weighted by Gasteiger charge is -2.38. The summed E-state index contributed by atoms with van der Waals surface area (Å²) in [7, 11) is 0. The molecule has 0 bridgehead atoms. The molecule has 0 saturated carbocycles. The number of piperidine rings is 1. The van der Waals surface area contributed by atoms with Crippen LogP contribution < -0.4 is 5.32 Å². The molecule has 2 heterocycles. The van der Waals surface area contributed by atoms with E-state index >= 15 is 0 Å². The molecular formula is C28H37N3O2. The number of rotatable bonds is 5. The van der Waals surface area contributed by atoms with Crippen LogP contribution in [-0.2, 0) is 9.59 Å². The van der Waals surface area contributed by atoms with Gasteiger partial charge in [-0.15, -0.1) is 0 Å². The van der Waals surface area contributed by atoms with Gasteiger partial charge >= 0.3 is 0 Å². The lowest BCUT2D eigenvalue weighted by atomic mass is 9.92. The highest BCUT2D eigenvalue weighted by atomic mass is 16.2. The standard InChI is InChI=1S/C28H37N3O2/c1-21-12-13-22(2)25(20-21)29-27(32)26(23-10-6-5-7-11-23)30-18-14-24(15-19-30)28(33)31-16-8-3-4-9-17-31/h5-7,10-13,20,24,26H,3-4,8-9,14-19H2,1-2H3,(H,29,32). The summed E-state index contributed by atoms with van der Waals surface area (Å²) in [5, 5.41) is 3.18. The van der Waals surface area contributed by atoms with Gasteiger partial charge in [-0.25, -0.2) is 0 Å². The highest BCUT2D eigenvalue weighted by Crippen LogP contribution is 2.30. The SMILES string of the molecule is Cc1ccc(C)c(NC(=O)C(c2ccccc2)N2CCC(C(=O)N3CCCCCC3)CC2)c1. The summed E-state index contributed by atoms with van der Waals surface area (Å²) in [5.74, 6) is 0.401. The number of nitrogens with zero attached hydrogens (tertiary/aromatic N) is 2. The highest BCUT2D eigenvalue weighted by Gasteiger charge is 2.34. The molecule has 2 fully saturated rings. The molecule has 2 aromatic rings. The minimum atomic E-state index is -0.361. The summed E-state index contributed by atoms with van der Waals surface area (Å²) in [5.41, 5.74) is 4.05. The molecule has 2 amide bonds. The Bertz CT molecular complexity index is 943. The van der Waals surface area contributed by atoms with E-state index in [4.69, 9.17) is 0 Å². The van der Waals surface area contributed by atoms with Gasteiger partial charge in [0.25, 0.3) is 0 Å². The molecule has 4 rings (SSSR count). The first-order valence-corrected chi connectivity index (χ1v) is 12.5. The maximum atomic E-state index is 13.5. The van der Waals surface area contributed by atoms with Gasteiger partial charge in [0.15, 0.2) is 0 Å². The molecule has 2 aliphatic rings. The van der Waals surface area contributed by atoms with Gasteiger partial charge < -0.3 is 10.2 Å². The molecule has 0 aromatic heterocycles. The van der Waals surface area contributed by atoms with E-state index in [-0.39, 0.29) is 17.9 Å². The van der Waals surface area contributed by atoms with E-state index in [1.54, 1.807) is 0 Å². The number of amides is 2. The first-order valence-electron chi connectivity index (χ1n) is 12.5.